The van der Waals surface area contributed by atoms with Gasteiger partial charge in [-0.3, -0.25) is 0 Å². The summed E-state index contributed by atoms with van der Waals surface area (Å²) in [7, 11) is 0. The lowest BCUT2D eigenvalue weighted by molar-refractivity contribution is 0.0514. The Balaban J connectivity index is 1.61. The highest BCUT2D eigenvalue weighted by molar-refractivity contribution is 5.55. The predicted octanol–water partition coefficient (Wildman–Crippen LogP) is 7.20. The lowest BCUT2D eigenvalue weighted by Crippen LogP contribution is -2.05. The summed E-state index contributed by atoms with van der Waals surface area (Å²) in [5.74, 6) is 0.812. The van der Waals surface area contributed by atoms with Gasteiger partial charge in [0.25, 0.3) is 0 Å². The van der Waals surface area contributed by atoms with Crippen LogP contribution in [0.15, 0.2) is 36.7 Å². The molecule has 178 valence electrons. The molecule has 0 radical (unpaired) electrons. The predicted molar refractivity (Wildman–Crippen MR) is 134 cm³/mol. The fraction of sp³-hybridized carbons (Fsp3) is 0.643. The molecule has 0 aliphatic carbocycles. The third-order valence-corrected chi connectivity index (χ3v) is 5.82. The minimum absolute atomic E-state index is 0.684. The number of aryl methyl sites for hydroxylation is 2. The van der Waals surface area contributed by atoms with Gasteiger partial charge in [0.2, 0.25) is 0 Å². The van der Waals surface area contributed by atoms with Crippen molar-refractivity contribution in [1.82, 2.24) is 9.97 Å². The van der Waals surface area contributed by atoms with Crippen molar-refractivity contribution in [3.8, 4) is 11.4 Å². The van der Waals surface area contributed by atoms with Gasteiger partial charge < -0.3 is 9.47 Å². The third kappa shape index (κ3) is 11.7. The first kappa shape index (κ1) is 26.5. The van der Waals surface area contributed by atoms with Crippen molar-refractivity contribution in [1.29, 1.82) is 0 Å². The second-order valence-electron chi connectivity index (χ2n) is 8.60. The van der Waals surface area contributed by atoms with Crippen molar-refractivity contribution in [3.05, 3.63) is 47.8 Å². The maximum absolute atomic E-state index is 5.56. The molecule has 0 aliphatic rings. The summed E-state index contributed by atoms with van der Waals surface area (Å²) in [5, 5.41) is 0. The zero-order valence-corrected chi connectivity index (χ0v) is 20.5. The first-order valence-corrected chi connectivity index (χ1v) is 12.9. The van der Waals surface area contributed by atoms with Crippen LogP contribution in [0.1, 0.15) is 89.2 Å². The highest BCUT2D eigenvalue weighted by Gasteiger charge is 2.03. The summed E-state index contributed by atoms with van der Waals surface area (Å²) < 4.78 is 10.8. The fourth-order valence-electron chi connectivity index (χ4n) is 3.81. The molecule has 0 bridgehead atoms. The van der Waals surface area contributed by atoms with Gasteiger partial charge in [-0.05, 0) is 50.2 Å². The Hall–Kier alpha value is -1.78. The molecule has 0 fully saturated rings. The van der Waals surface area contributed by atoms with Crippen molar-refractivity contribution >= 4 is 0 Å². The Kier molecular flexibility index (Phi) is 14.7. The highest BCUT2D eigenvalue weighted by atomic mass is 16.5. The van der Waals surface area contributed by atoms with Crippen molar-refractivity contribution < 1.29 is 9.47 Å². The van der Waals surface area contributed by atoms with Crippen LogP contribution >= 0.6 is 0 Å². The number of hydrogen-bond donors (Lipinski definition) is 0. The van der Waals surface area contributed by atoms with Crippen LogP contribution < -0.4 is 0 Å². The van der Waals surface area contributed by atoms with E-state index in [4.69, 9.17) is 9.47 Å². The maximum Gasteiger partial charge on any atom is 0.159 e. The lowest BCUT2D eigenvalue weighted by Gasteiger charge is -2.06. The maximum atomic E-state index is 5.56. The van der Waals surface area contributed by atoms with Crippen molar-refractivity contribution in [2.45, 2.75) is 90.9 Å². The van der Waals surface area contributed by atoms with Gasteiger partial charge in [-0.25, -0.2) is 9.97 Å². The van der Waals surface area contributed by atoms with Gasteiger partial charge in [-0.1, -0.05) is 76.1 Å². The molecule has 1 aromatic heterocycles. The molecule has 0 atom stereocenters. The van der Waals surface area contributed by atoms with Crippen LogP contribution in [0.3, 0.4) is 0 Å². The number of nitrogens with zero attached hydrogens (tertiary/aromatic N) is 2. The number of hydrogen-bond acceptors (Lipinski definition) is 4. The number of unbranched alkanes of at least 4 members (excludes halogenated alkanes) is 8. The molecule has 1 heterocycles. The molecule has 0 saturated carbocycles. The van der Waals surface area contributed by atoms with E-state index in [0.29, 0.717) is 13.2 Å². The second kappa shape index (κ2) is 17.7. The Morgan fingerprint density at radius 1 is 0.594 bits per heavy atom. The van der Waals surface area contributed by atoms with E-state index >= 15 is 0 Å². The van der Waals surface area contributed by atoms with Crippen LogP contribution in [0, 0.1) is 0 Å². The molecule has 0 saturated heterocycles. The van der Waals surface area contributed by atoms with Gasteiger partial charge in [-0.2, -0.15) is 0 Å². The monoisotopic (exact) mass is 440 g/mol. The topological polar surface area (TPSA) is 44.2 Å². The first-order valence-electron chi connectivity index (χ1n) is 12.9. The normalized spacial score (nSPS) is 11.2. The van der Waals surface area contributed by atoms with Crippen molar-refractivity contribution in [2.24, 2.45) is 0 Å². The summed E-state index contributed by atoms with van der Waals surface area (Å²) in [6, 6.07) is 8.79. The Bertz CT molecular complexity index is 624. The molecule has 0 unspecified atom stereocenters. The quantitative estimate of drug-likeness (QED) is 0.217. The van der Waals surface area contributed by atoms with E-state index in [9.17, 15) is 0 Å². The zero-order chi connectivity index (χ0) is 22.7. The minimum atomic E-state index is 0.684. The number of ether oxygens (including phenoxy) is 2. The number of rotatable bonds is 19. The average molecular weight is 441 g/mol. The summed E-state index contributed by atoms with van der Waals surface area (Å²) in [5.41, 5.74) is 3.70. The molecule has 4 nitrogen and oxygen atoms in total. The van der Waals surface area contributed by atoms with Crippen LogP contribution in [-0.4, -0.2) is 36.4 Å². The lowest BCUT2D eigenvalue weighted by atomic mass is 10.0. The van der Waals surface area contributed by atoms with Gasteiger partial charge in [0.05, 0.1) is 13.2 Å². The minimum Gasteiger partial charge on any atom is -0.379 e. The number of benzene rings is 1. The molecular formula is C28H44N2O2. The first-order chi connectivity index (χ1) is 15.8. The van der Waals surface area contributed by atoms with E-state index in [0.717, 1.165) is 43.9 Å². The Morgan fingerprint density at radius 3 is 1.88 bits per heavy atom. The molecule has 1 aromatic carbocycles. The molecule has 0 aliphatic heterocycles. The van der Waals surface area contributed by atoms with Crippen LogP contribution in [0.4, 0.5) is 0 Å². The standard InChI is InChI=1S/C28H44N2O2/c1-3-5-6-7-8-9-10-11-14-25-16-18-27(19-17-25)28-29-23-26(24-30-28)15-12-13-20-32-22-21-31-4-2/h16-19,23-24H,3-15,20-22H2,1-2H3. The van der Waals surface area contributed by atoms with E-state index in [1.54, 1.807) is 0 Å². The Labute approximate surface area is 196 Å². The van der Waals surface area contributed by atoms with E-state index in [-0.39, 0.29) is 0 Å². The molecule has 2 aromatic rings. The summed E-state index contributed by atoms with van der Waals surface area (Å²) in [4.78, 5) is 9.17. The summed E-state index contributed by atoms with van der Waals surface area (Å²) in [6.45, 7) is 7.19. The van der Waals surface area contributed by atoms with E-state index in [1.807, 2.05) is 19.3 Å². The van der Waals surface area contributed by atoms with Crippen LogP contribution in [0.5, 0.6) is 0 Å². The van der Waals surface area contributed by atoms with Gasteiger partial charge in [-0.15, -0.1) is 0 Å². The molecule has 2 rings (SSSR count). The van der Waals surface area contributed by atoms with Crippen molar-refractivity contribution in [2.75, 3.05) is 26.4 Å². The number of aromatic nitrogens is 2. The SMILES string of the molecule is CCCCCCCCCCc1ccc(-c2ncc(CCCCOCCOCC)cn2)cc1. The second-order valence-corrected chi connectivity index (χ2v) is 8.60. The van der Waals surface area contributed by atoms with Crippen molar-refractivity contribution in [3.63, 3.8) is 0 Å². The summed E-state index contributed by atoms with van der Waals surface area (Å²) in [6.07, 6.45) is 19.2. The van der Waals surface area contributed by atoms with E-state index in [2.05, 4.69) is 41.2 Å². The van der Waals surface area contributed by atoms with Crippen LogP contribution in [0.2, 0.25) is 0 Å². The largest absolute Gasteiger partial charge is 0.379 e. The molecule has 0 spiro atoms. The molecular weight excluding hydrogens is 396 g/mol. The van der Waals surface area contributed by atoms with Crippen LogP contribution in [-0.2, 0) is 22.3 Å². The third-order valence-electron chi connectivity index (χ3n) is 5.82. The fourth-order valence-corrected chi connectivity index (χ4v) is 3.81. The van der Waals surface area contributed by atoms with E-state index in [1.165, 1.54) is 68.9 Å². The highest BCUT2D eigenvalue weighted by Crippen LogP contribution is 2.18. The smallest absolute Gasteiger partial charge is 0.159 e. The van der Waals surface area contributed by atoms with Gasteiger partial charge in [0, 0.05) is 31.2 Å². The Morgan fingerprint density at radius 2 is 1.19 bits per heavy atom. The van der Waals surface area contributed by atoms with Gasteiger partial charge in [0.15, 0.2) is 5.82 Å². The molecule has 0 amide bonds. The molecule has 4 heteroatoms. The van der Waals surface area contributed by atoms with E-state index < -0.39 is 0 Å². The average Bonchev–Trinajstić information content (AvgIpc) is 2.83. The summed E-state index contributed by atoms with van der Waals surface area (Å²) >= 11 is 0. The molecule has 32 heavy (non-hydrogen) atoms. The van der Waals surface area contributed by atoms with Crippen LogP contribution in [0.25, 0.3) is 11.4 Å². The van der Waals surface area contributed by atoms with Gasteiger partial charge >= 0.3 is 0 Å². The zero-order valence-electron chi connectivity index (χ0n) is 20.5. The molecule has 0 N–H and O–H groups in total. The van der Waals surface area contributed by atoms with Gasteiger partial charge in [0.1, 0.15) is 0 Å².